The van der Waals surface area contributed by atoms with Crippen LogP contribution < -0.4 is 16.8 Å². The molecular formula is C15H20N4. The lowest BCUT2D eigenvalue weighted by molar-refractivity contribution is 0.832. The van der Waals surface area contributed by atoms with E-state index in [0.29, 0.717) is 6.54 Å². The van der Waals surface area contributed by atoms with E-state index in [9.17, 15) is 0 Å². The van der Waals surface area contributed by atoms with E-state index in [0.717, 1.165) is 35.5 Å². The van der Waals surface area contributed by atoms with Crippen molar-refractivity contribution in [3.8, 4) is 6.07 Å². The summed E-state index contributed by atoms with van der Waals surface area (Å²) in [5.41, 5.74) is 16.6. The monoisotopic (exact) mass is 256 g/mol. The minimum Gasteiger partial charge on any atom is -0.397 e. The minimum atomic E-state index is 0.588. The van der Waals surface area contributed by atoms with E-state index >= 15 is 0 Å². The van der Waals surface area contributed by atoms with Gasteiger partial charge in [-0.2, -0.15) is 5.26 Å². The fraction of sp³-hybridized carbons (Fsp3) is 0.267. The number of allylic oxidation sites excluding steroid dienone is 6. The molecule has 0 aliphatic heterocycles. The van der Waals surface area contributed by atoms with E-state index in [1.165, 1.54) is 12.5 Å². The number of nitrogens with one attached hydrogen (secondary N) is 1. The van der Waals surface area contributed by atoms with E-state index in [1.807, 2.05) is 12.2 Å². The first kappa shape index (κ1) is 14.8. The SMILES string of the molecule is C=C1CC(NC2=CC=CCC(CN)=C2)=C1N.CC#N. The lowest BCUT2D eigenvalue weighted by Gasteiger charge is -2.25. The fourth-order valence-corrected chi connectivity index (χ4v) is 1.73. The fourth-order valence-electron chi connectivity index (χ4n) is 1.73. The van der Waals surface area contributed by atoms with Crippen LogP contribution in [-0.2, 0) is 0 Å². The second-order valence-electron chi connectivity index (χ2n) is 4.28. The highest BCUT2D eigenvalue weighted by Crippen LogP contribution is 2.27. The second kappa shape index (κ2) is 7.24. The number of nitriles is 1. The first-order valence-electron chi connectivity index (χ1n) is 6.13. The van der Waals surface area contributed by atoms with E-state index in [2.05, 4.69) is 24.0 Å². The average molecular weight is 256 g/mol. The molecule has 0 amide bonds. The molecule has 4 heteroatoms. The maximum atomic E-state index is 7.32. The zero-order valence-corrected chi connectivity index (χ0v) is 11.2. The molecule has 0 saturated carbocycles. The van der Waals surface area contributed by atoms with Crippen molar-refractivity contribution >= 4 is 0 Å². The highest BCUT2D eigenvalue weighted by molar-refractivity contribution is 5.46. The Labute approximate surface area is 114 Å². The number of hydrogen-bond donors (Lipinski definition) is 3. The third-order valence-corrected chi connectivity index (χ3v) is 2.81. The Kier molecular flexibility index (Phi) is 5.65. The van der Waals surface area contributed by atoms with Gasteiger partial charge in [-0.25, -0.2) is 0 Å². The molecule has 0 saturated heterocycles. The Morgan fingerprint density at radius 1 is 1.53 bits per heavy atom. The van der Waals surface area contributed by atoms with Crippen molar-refractivity contribution in [1.29, 1.82) is 5.26 Å². The van der Waals surface area contributed by atoms with Crippen molar-refractivity contribution in [1.82, 2.24) is 5.32 Å². The van der Waals surface area contributed by atoms with E-state index in [4.69, 9.17) is 16.7 Å². The summed E-state index contributed by atoms with van der Waals surface area (Å²) in [7, 11) is 0. The Balaban J connectivity index is 0.000000550. The van der Waals surface area contributed by atoms with Crippen molar-refractivity contribution in [2.75, 3.05) is 6.54 Å². The first-order chi connectivity index (χ1) is 9.12. The van der Waals surface area contributed by atoms with Crippen LogP contribution in [-0.4, -0.2) is 6.54 Å². The molecule has 0 atom stereocenters. The average Bonchev–Trinajstić information content (AvgIpc) is 2.64. The van der Waals surface area contributed by atoms with Gasteiger partial charge in [0.05, 0.1) is 11.8 Å². The number of rotatable bonds is 3. The summed E-state index contributed by atoms with van der Waals surface area (Å²) in [6, 6.07) is 1.75. The van der Waals surface area contributed by atoms with Crippen LogP contribution in [0.15, 0.2) is 59.1 Å². The molecule has 0 aromatic rings. The lowest BCUT2D eigenvalue weighted by atomic mass is 9.95. The molecule has 0 bridgehead atoms. The van der Waals surface area contributed by atoms with Gasteiger partial charge in [0.15, 0.2) is 0 Å². The van der Waals surface area contributed by atoms with Gasteiger partial charge in [0, 0.05) is 31.3 Å². The summed E-state index contributed by atoms with van der Waals surface area (Å²) < 4.78 is 0. The Morgan fingerprint density at radius 3 is 2.74 bits per heavy atom. The molecular weight excluding hydrogens is 236 g/mol. The van der Waals surface area contributed by atoms with Gasteiger partial charge in [0.2, 0.25) is 0 Å². The largest absolute Gasteiger partial charge is 0.397 e. The van der Waals surface area contributed by atoms with Crippen LogP contribution in [0.3, 0.4) is 0 Å². The molecule has 100 valence electrons. The summed E-state index contributed by atoms with van der Waals surface area (Å²) in [5.74, 6) is 0. The van der Waals surface area contributed by atoms with Crippen LogP contribution in [0.1, 0.15) is 19.8 Å². The molecule has 0 fully saturated rings. The maximum Gasteiger partial charge on any atom is 0.0587 e. The number of nitrogens with two attached hydrogens (primary N) is 2. The summed E-state index contributed by atoms with van der Waals surface area (Å²) >= 11 is 0. The summed E-state index contributed by atoms with van der Waals surface area (Å²) in [6.45, 7) is 5.86. The molecule has 0 aromatic carbocycles. The highest BCUT2D eigenvalue weighted by atomic mass is 14.9. The maximum absolute atomic E-state index is 7.32. The minimum absolute atomic E-state index is 0.588. The van der Waals surface area contributed by atoms with Crippen LogP contribution in [0.25, 0.3) is 0 Å². The summed E-state index contributed by atoms with van der Waals surface area (Å²) in [5, 5.41) is 10.6. The molecule has 0 spiro atoms. The van der Waals surface area contributed by atoms with E-state index in [1.54, 1.807) is 6.07 Å². The Morgan fingerprint density at radius 2 is 2.21 bits per heavy atom. The lowest BCUT2D eigenvalue weighted by Crippen LogP contribution is -2.26. The molecule has 2 aliphatic carbocycles. The zero-order chi connectivity index (χ0) is 14.3. The third-order valence-electron chi connectivity index (χ3n) is 2.81. The molecule has 2 rings (SSSR count). The molecule has 0 radical (unpaired) electrons. The van der Waals surface area contributed by atoms with Gasteiger partial charge in [-0.05, 0) is 24.1 Å². The Bertz CT molecular complexity index is 513. The van der Waals surface area contributed by atoms with Gasteiger partial charge < -0.3 is 16.8 Å². The van der Waals surface area contributed by atoms with Crippen LogP contribution in [0.5, 0.6) is 0 Å². The third kappa shape index (κ3) is 4.16. The molecule has 19 heavy (non-hydrogen) atoms. The van der Waals surface area contributed by atoms with Crippen LogP contribution in [0, 0.1) is 11.3 Å². The standard InChI is InChI=1S/C13H17N3.C2H3N/c1-9-6-12(13(9)15)16-11-5-3-2-4-10(7-11)8-14;1-2-3/h2-3,5,7,16H,1,4,6,8,14-15H2;1H3. The van der Waals surface area contributed by atoms with Crippen molar-refractivity contribution in [3.63, 3.8) is 0 Å². The quantitative estimate of drug-likeness (QED) is 0.720. The van der Waals surface area contributed by atoms with Crippen molar-refractivity contribution in [2.24, 2.45) is 11.5 Å². The van der Waals surface area contributed by atoms with Gasteiger partial charge in [0.1, 0.15) is 0 Å². The predicted octanol–water partition coefficient (Wildman–Crippen LogP) is 1.96. The van der Waals surface area contributed by atoms with Gasteiger partial charge in [-0.1, -0.05) is 24.3 Å². The van der Waals surface area contributed by atoms with Crippen molar-refractivity contribution < 1.29 is 0 Å². The summed E-state index contributed by atoms with van der Waals surface area (Å²) in [6.07, 6.45) is 10.0. The topological polar surface area (TPSA) is 87.9 Å². The van der Waals surface area contributed by atoms with E-state index < -0.39 is 0 Å². The molecule has 2 aliphatic rings. The highest BCUT2D eigenvalue weighted by Gasteiger charge is 2.18. The normalized spacial score (nSPS) is 17.2. The first-order valence-corrected chi connectivity index (χ1v) is 6.13. The Hall–Kier alpha value is -2.25. The molecule has 0 unspecified atom stereocenters. The smallest absolute Gasteiger partial charge is 0.0587 e. The van der Waals surface area contributed by atoms with Gasteiger partial charge in [-0.3, -0.25) is 0 Å². The van der Waals surface area contributed by atoms with E-state index in [-0.39, 0.29) is 0 Å². The second-order valence-corrected chi connectivity index (χ2v) is 4.28. The van der Waals surface area contributed by atoms with Crippen molar-refractivity contribution in [2.45, 2.75) is 19.8 Å². The molecule has 5 N–H and O–H groups in total. The van der Waals surface area contributed by atoms with Gasteiger partial charge >= 0.3 is 0 Å². The molecule has 0 heterocycles. The number of nitrogens with zero attached hydrogens (tertiary/aromatic N) is 1. The summed E-state index contributed by atoms with van der Waals surface area (Å²) in [4.78, 5) is 0. The van der Waals surface area contributed by atoms with Crippen LogP contribution >= 0.6 is 0 Å². The zero-order valence-electron chi connectivity index (χ0n) is 11.2. The van der Waals surface area contributed by atoms with Gasteiger partial charge in [-0.15, -0.1) is 0 Å². The van der Waals surface area contributed by atoms with Crippen molar-refractivity contribution in [3.05, 3.63) is 59.1 Å². The molecule has 0 aromatic heterocycles. The molecule has 4 nitrogen and oxygen atoms in total. The van der Waals surface area contributed by atoms with Gasteiger partial charge in [0.25, 0.3) is 0 Å². The van der Waals surface area contributed by atoms with Crippen LogP contribution in [0.2, 0.25) is 0 Å². The number of hydrogen-bond acceptors (Lipinski definition) is 4. The predicted molar refractivity (Wildman–Crippen MR) is 78.4 cm³/mol. The van der Waals surface area contributed by atoms with Crippen LogP contribution in [0.4, 0.5) is 0 Å².